The zero-order valence-electron chi connectivity index (χ0n) is 16.7. The number of β-amino-alcohol motifs (C(OH)–C–C–N with tert-alkyl or cyclic N) is 1. The third kappa shape index (κ3) is 4.92. The van der Waals surface area contributed by atoms with Crippen LogP contribution in [0.3, 0.4) is 0 Å². The van der Waals surface area contributed by atoms with Crippen LogP contribution in [0.5, 0.6) is 5.75 Å². The molecule has 0 amide bonds. The molecule has 0 saturated carbocycles. The van der Waals surface area contributed by atoms with Crippen LogP contribution in [0.15, 0.2) is 36.9 Å². The van der Waals surface area contributed by atoms with E-state index >= 15 is 0 Å². The third-order valence-electron chi connectivity index (χ3n) is 4.84. The standard InChI is InChI=1S/C20H26N4O4S/c1-4-8-23-18(12-28-16-7-5-6-14(2)9-16)21-24(20(23)29)13-22-11-15(25)10-17(22)19(26)27-3/h4-7,9,15,17,25H,1,8,10-13H2,2-3H3/t15-,17-/m0/s1. The monoisotopic (exact) mass is 418 g/mol. The molecule has 0 aliphatic carbocycles. The lowest BCUT2D eigenvalue weighted by Crippen LogP contribution is -2.38. The Kier molecular flexibility index (Phi) is 6.83. The normalized spacial score (nSPS) is 19.3. The Bertz CT molecular complexity index is 939. The van der Waals surface area contributed by atoms with Crippen LogP contribution >= 0.6 is 12.2 Å². The van der Waals surface area contributed by atoms with Crippen molar-refractivity contribution in [3.8, 4) is 5.75 Å². The molecule has 1 saturated heterocycles. The number of aryl methyl sites for hydroxylation is 1. The largest absolute Gasteiger partial charge is 0.486 e. The predicted octanol–water partition coefficient (Wildman–Crippen LogP) is 2.05. The van der Waals surface area contributed by atoms with Gasteiger partial charge in [-0.3, -0.25) is 14.3 Å². The van der Waals surface area contributed by atoms with Crippen LogP contribution < -0.4 is 4.74 Å². The number of ether oxygens (including phenoxy) is 2. The number of allylic oxidation sites excluding steroid dienone is 1. The number of hydrogen-bond donors (Lipinski definition) is 1. The van der Waals surface area contributed by atoms with Gasteiger partial charge >= 0.3 is 5.97 Å². The molecule has 2 atom stereocenters. The molecular formula is C20H26N4O4S. The van der Waals surface area contributed by atoms with Gasteiger partial charge < -0.3 is 14.6 Å². The van der Waals surface area contributed by atoms with Crippen molar-refractivity contribution in [3.63, 3.8) is 0 Å². The number of hydrogen-bond acceptors (Lipinski definition) is 7. The van der Waals surface area contributed by atoms with E-state index in [0.29, 0.717) is 30.1 Å². The van der Waals surface area contributed by atoms with Crippen molar-refractivity contribution >= 4 is 18.2 Å². The van der Waals surface area contributed by atoms with E-state index in [-0.39, 0.29) is 19.2 Å². The first-order valence-corrected chi connectivity index (χ1v) is 9.80. The number of aliphatic hydroxyl groups excluding tert-OH is 1. The highest BCUT2D eigenvalue weighted by Crippen LogP contribution is 2.20. The number of likely N-dealkylation sites (tertiary alicyclic amines) is 1. The van der Waals surface area contributed by atoms with Crippen molar-refractivity contribution in [3.05, 3.63) is 53.1 Å². The molecule has 29 heavy (non-hydrogen) atoms. The summed E-state index contributed by atoms with van der Waals surface area (Å²) in [5, 5.41) is 14.6. The van der Waals surface area contributed by atoms with Crippen molar-refractivity contribution in [2.24, 2.45) is 0 Å². The zero-order valence-corrected chi connectivity index (χ0v) is 17.5. The second kappa shape index (κ2) is 9.34. The van der Waals surface area contributed by atoms with E-state index in [1.165, 1.54) is 7.11 Å². The molecule has 1 N–H and O–H groups in total. The number of carbonyl (C=O) groups is 1. The smallest absolute Gasteiger partial charge is 0.323 e. The lowest BCUT2D eigenvalue weighted by atomic mass is 10.2. The van der Waals surface area contributed by atoms with Crippen molar-refractivity contribution in [1.82, 2.24) is 19.2 Å². The van der Waals surface area contributed by atoms with Gasteiger partial charge in [0.2, 0.25) is 0 Å². The molecule has 2 aromatic rings. The van der Waals surface area contributed by atoms with E-state index < -0.39 is 12.1 Å². The van der Waals surface area contributed by atoms with Gasteiger partial charge in [0.15, 0.2) is 10.6 Å². The fourth-order valence-corrected chi connectivity index (χ4v) is 3.72. The minimum Gasteiger partial charge on any atom is -0.486 e. The number of methoxy groups -OCH3 is 1. The van der Waals surface area contributed by atoms with E-state index in [1.54, 1.807) is 10.8 Å². The zero-order chi connectivity index (χ0) is 21.0. The number of aliphatic hydroxyl groups is 1. The molecule has 0 unspecified atom stereocenters. The van der Waals surface area contributed by atoms with Crippen LogP contribution in [0.2, 0.25) is 0 Å². The fraction of sp³-hybridized carbons (Fsp3) is 0.450. The average molecular weight is 419 g/mol. The molecule has 1 aromatic carbocycles. The van der Waals surface area contributed by atoms with Gasteiger partial charge in [0.05, 0.1) is 19.9 Å². The topological polar surface area (TPSA) is 81.8 Å². The quantitative estimate of drug-likeness (QED) is 0.399. The van der Waals surface area contributed by atoms with Crippen molar-refractivity contribution in [2.75, 3.05) is 13.7 Å². The van der Waals surface area contributed by atoms with Crippen LogP contribution in [0, 0.1) is 11.7 Å². The number of aromatic nitrogens is 3. The molecule has 3 rings (SSSR count). The van der Waals surface area contributed by atoms with Crippen LogP contribution in [-0.2, 0) is 29.4 Å². The average Bonchev–Trinajstić information content (AvgIpc) is 3.21. The Balaban J connectivity index is 1.80. The van der Waals surface area contributed by atoms with Crippen LogP contribution in [0.1, 0.15) is 17.8 Å². The highest BCUT2D eigenvalue weighted by atomic mass is 32.1. The highest BCUT2D eigenvalue weighted by Gasteiger charge is 2.37. The summed E-state index contributed by atoms with van der Waals surface area (Å²) in [7, 11) is 1.34. The fourth-order valence-electron chi connectivity index (χ4n) is 3.44. The maximum absolute atomic E-state index is 12.0. The van der Waals surface area contributed by atoms with E-state index in [9.17, 15) is 9.90 Å². The highest BCUT2D eigenvalue weighted by molar-refractivity contribution is 7.71. The van der Waals surface area contributed by atoms with Crippen molar-refractivity contribution in [1.29, 1.82) is 0 Å². The number of rotatable bonds is 8. The molecule has 156 valence electrons. The molecule has 1 aromatic heterocycles. The second-order valence-electron chi connectivity index (χ2n) is 7.04. The molecule has 8 nitrogen and oxygen atoms in total. The first-order chi connectivity index (χ1) is 13.9. The first-order valence-electron chi connectivity index (χ1n) is 9.39. The Hall–Kier alpha value is -2.49. The van der Waals surface area contributed by atoms with Gasteiger partial charge in [0.25, 0.3) is 0 Å². The Morgan fingerprint density at radius 1 is 1.48 bits per heavy atom. The summed E-state index contributed by atoms with van der Waals surface area (Å²) in [6.45, 7) is 7.16. The van der Waals surface area contributed by atoms with Gasteiger partial charge in [-0.25, -0.2) is 4.68 Å². The SMILES string of the molecule is C=CCn1c(COc2cccc(C)c2)nn(CN2C[C@@H](O)C[C@H]2C(=O)OC)c1=S. The number of esters is 1. The molecular weight excluding hydrogens is 392 g/mol. The molecule has 1 aliphatic rings. The molecule has 0 spiro atoms. The molecule has 2 heterocycles. The molecule has 0 radical (unpaired) electrons. The Morgan fingerprint density at radius 3 is 2.97 bits per heavy atom. The third-order valence-corrected chi connectivity index (χ3v) is 5.27. The Labute approximate surface area is 175 Å². The molecule has 9 heteroatoms. The van der Waals surface area contributed by atoms with E-state index in [0.717, 1.165) is 11.3 Å². The van der Waals surface area contributed by atoms with Gasteiger partial charge in [-0.2, -0.15) is 5.10 Å². The van der Waals surface area contributed by atoms with Gasteiger partial charge in [-0.05, 0) is 36.8 Å². The summed E-state index contributed by atoms with van der Waals surface area (Å²) in [6, 6.07) is 7.27. The van der Waals surface area contributed by atoms with Gasteiger partial charge in [-0.15, -0.1) is 6.58 Å². The first kappa shape index (κ1) is 21.2. The Morgan fingerprint density at radius 2 is 2.28 bits per heavy atom. The molecule has 0 bridgehead atoms. The van der Waals surface area contributed by atoms with Crippen molar-refractivity contribution < 1.29 is 19.4 Å². The maximum Gasteiger partial charge on any atom is 0.323 e. The number of nitrogens with zero attached hydrogens (tertiary/aromatic N) is 4. The number of carbonyl (C=O) groups excluding carboxylic acids is 1. The maximum atomic E-state index is 12.0. The van der Waals surface area contributed by atoms with E-state index in [4.69, 9.17) is 21.7 Å². The summed E-state index contributed by atoms with van der Waals surface area (Å²) in [5.41, 5.74) is 1.11. The minimum atomic E-state index is -0.590. The molecule has 1 fully saturated rings. The van der Waals surface area contributed by atoms with E-state index in [2.05, 4.69) is 11.7 Å². The van der Waals surface area contributed by atoms with Crippen LogP contribution in [-0.4, -0.2) is 56.1 Å². The number of benzene rings is 1. The summed E-state index contributed by atoms with van der Waals surface area (Å²) in [4.78, 5) is 13.9. The minimum absolute atomic E-state index is 0.247. The van der Waals surface area contributed by atoms with Gasteiger partial charge in [0, 0.05) is 19.5 Å². The van der Waals surface area contributed by atoms with Crippen LogP contribution in [0.4, 0.5) is 0 Å². The molecule has 1 aliphatic heterocycles. The summed E-state index contributed by atoms with van der Waals surface area (Å²) in [5.74, 6) is 1.04. The lowest BCUT2D eigenvalue weighted by Gasteiger charge is -2.21. The summed E-state index contributed by atoms with van der Waals surface area (Å²) in [6.07, 6.45) is 1.48. The summed E-state index contributed by atoms with van der Waals surface area (Å²) >= 11 is 5.58. The van der Waals surface area contributed by atoms with Crippen LogP contribution in [0.25, 0.3) is 0 Å². The predicted molar refractivity (Wildman–Crippen MR) is 110 cm³/mol. The van der Waals surface area contributed by atoms with Crippen molar-refractivity contribution in [2.45, 2.75) is 45.3 Å². The van der Waals surface area contributed by atoms with E-state index in [1.807, 2.05) is 40.7 Å². The van der Waals surface area contributed by atoms with Gasteiger partial charge in [0.1, 0.15) is 18.4 Å². The lowest BCUT2D eigenvalue weighted by molar-refractivity contribution is -0.146. The second-order valence-corrected chi connectivity index (χ2v) is 7.41. The summed E-state index contributed by atoms with van der Waals surface area (Å²) < 4.78 is 14.7. The van der Waals surface area contributed by atoms with Gasteiger partial charge in [-0.1, -0.05) is 18.2 Å².